The lowest BCUT2D eigenvalue weighted by atomic mass is 10.0. The first kappa shape index (κ1) is 11.0. The Morgan fingerprint density at radius 1 is 1.25 bits per heavy atom. The summed E-state index contributed by atoms with van der Waals surface area (Å²) in [6, 6.07) is 5.55. The first-order chi connectivity index (χ1) is 7.68. The van der Waals surface area contributed by atoms with Crippen molar-refractivity contribution in [3.63, 3.8) is 0 Å². The molecule has 86 valence electrons. The molecule has 2 rings (SSSR count). The van der Waals surface area contributed by atoms with Gasteiger partial charge in [-0.1, -0.05) is 12.1 Å². The van der Waals surface area contributed by atoms with E-state index in [0.29, 0.717) is 12.2 Å². The highest BCUT2D eigenvalue weighted by Gasteiger charge is 2.34. The topological polar surface area (TPSA) is 55.8 Å². The zero-order valence-electron chi connectivity index (χ0n) is 8.43. The SMILES string of the molecule is O=C(O)[C@@H]1OCCO[C@H]1c1ccc(F)cc1. The van der Waals surface area contributed by atoms with E-state index in [2.05, 4.69) is 0 Å². The van der Waals surface area contributed by atoms with Crippen LogP contribution in [0.2, 0.25) is 0 Å². The molecule has 0 unspecified atom stereocenters. The molecular formula is C11H11FO4. The Morgan fingerprint density at radius 2 is 1.88 bits per heavy atom. The first-order valence-electron chi connectivity index (χ1n) is 4.90. The monoisotopic (exact) mass is 226 g/mol. The Kier molecular flexibility index (Phi) is 3.17. The van der Waals surface area contributed by atoms with Crippen LogP contribution in [0.15, 0.2) is 24.3 Å². The maximum absolute atomic E-state index is 12.7. The van der Waals surface area contributed by atoms with Crippen molar-refractivity contribution >= 4 is 5.97 Å². The van der Waals surface area contributed by atoms with Crippen molar-refractivity contribution in [2.24, 2.45) is 0 Å². The van der Waals surface area contributed by atoms with Crippen molar-refractivity contribution < 1.29 is 23.8 Å². The fraction of sp³-hybridized carbons (Fsp3) is 0.364. The molecule has 4 nitrogen and oxygen atoms in total. The van der Waals surface area contributed by atoms with Crippen LogP contribution in [-0.2, 0) is 14.3 Å². The summed E-state index contributed by atoms with van der Waals surface area (Å²) in [4.78, 5) is 10.9. The molecule has 1 heterocycles. The number of ether oxygens (including phenoxy) is 2. The third-order valence-corrected chi connectivity index (χ3v) is 2.40. The molecule has 1 aromatic rings. The molecule has 1 saturated heterocycles. The molecule has 16 heavy (non-hydrogen) atoms. The standard InChI is InChI=1S/C11H11FO4/c12-8-3-1-7(2-4-8)9-10(11(13)14)16-6-5-15-9/h1-4,9-10H,5-6H2,(H,13,14)/t9-,10+/m0/s1. The quantitative estimate of drug-likeness (QED) is 0.827. The Balaban J connectivity index is 2.23. The molecule has 0 radical (unpaired) electrons. The summed E-state index contributed by atoms with van der Waals surface area (Å²) in [6.45, 7) is 0.598. The number of benzene rings is 1. The van der Waals surface area contributed by atoms with Gasteiger partial charge in [0.1, 0.15) is 11.9 Å². The predicted molar refractivity (Wildman–Crippen MR) is 52.5 cm³/mol. The molecule has 1 N–H and O–H groups in total. The molecule has 5 heteroatoms. The lowest BCUT2D eigenvalue weighted by molar-refractivity contribution is -0.181. The van der Waals surface area contributed by atoms with Gasteiger partial charge in [-0.25, -0.2) is 9.18 Å². The van der Waals surface area contributed by atoms with E-state index in [1.54, 1.807) is 0 Å². The van der Waals surface area contributed by atoms with Crippen LogP contribution in [-0.4, -0.2) is 30.4 Å². The molecule has 0 bridgehead atoms. The van der Waals surface area contributed by atoms with E-state index in [1.807, 2.05) is 0 Å². The zero-order valence-corrected chi connectivity index (χ0v) is 8.43. The number of hydrogen-bond acceptors (Lipinski definition) is 3. The van der Waals surface area contributed by atoms with E-state index in [1.165, 1.54) is 24.3 Å². The van der Waals surface area contributed by atoms with E-state index < -0.39 is 18.2 Å². The molecular weight excluding hydrogens is 215 g/mol. The molecule has 0 aliphatic carbocycles. The van der Waals surface area contributed by atoms with Gasteiger partial charge in [-0.2, -0.15) is 0 Å². The van der Waals surface area contributed by atoms with Crippen LogP contribution in [0.1, 0.15) is 11.7 Å². The van der Waals surface area contributed by atoms with Gasteiger partial charge in [-0.3, -0.25) is 0 Å². The maximum Gasteiger partial charge on any atom is 0.335 e. The number of carboxylic acids is 1. The second-order valence-corrected chi connectivity index (χ2v) is 3.47. The first-order valence-corrected chi connectivity index (χ1v) is 4.90. The van der Waals surface area contributed by atoms with Gasteiger partial charge in [-0.15, -0.1) is 0 Å². The summed E-state index contributed by atoms with van der Waals surface area (Å²) < 4.78 is 23.2. The van der Waals surface area contributed by atoms with Crippen molar-refractivity contribution in [3.05, 3.63) is 35.6 Å². The predicted octanol–water partition coefficient (Wildman–Crippen LogP) is 1.37. The second kappa shape index (κ2) is 4.59. The third-order valence-electron chi connectivity index (χ3n) is 2.40. The summed E-state index contributed by atoms with van der Waals surface area (Å²) in [5.74, 6) is -1.44. The average molecular weight is 226 g/mol. The van der Waals surface area contributed by atoms with Gasteiger partial charge < -0.3 is 14.6 Å². The van der Waals surface area contributed by atoms with Gasteiger partial charge in [0.2, 0.25) is 0 Å². The summed E-state index contributed by atoms with van der Waals surface area (Å²) in [5, 5.41) is 8.95. The van der Waals surface area contributed by atoms with Crippen molar-refractivity contribution in [3.8, 4) is 0 Å². The van der Waals surface area contributed by atoms with E-state index in [4.69, 9.17) is 14.6 Å². The number of carboxylic acid groups (broad SMARTS) is 1. The highest BCUT2D eigenvalue weighted by atomic mass is 19.1. The molecule has 1 aliphatic heterocycles. The molecule has 1 fully saturated rings. The fourth-order valence-electron chi connectivity index (χ4n) is 1.65. The minimum absolute atomic E-state index is 0.259. The van der Waals surface area contributed by atoms with Gasteiger partial charge in [0, 0.05) is 0 Å². The molecule has 0 spiro atoms. The molecule has 0 saturated carbocycles. The molecule has 1 aromatic carbocycles. The van der Waals surface area contributed by atoms with Crippen LogP contribution in [0.3, 0.4) is 0 Å². The maximum atomic E-state index is 12.7. The lowest BCUT2D eigenvalue weighted by Crippen LogP contribution is -2.38. The summed E-state index contributed by atoms with van der Waals surface area (Å²) in [5.41, 5.74) is 0.605. The molecule has 0 amide bonds. The Morgan fingerprint density at radius 3 is 2.50 bits per heavy atom. The van der Waals surface area contributed by atoms with Crippen LogP contribution < -0.4 is 0 Å². The fourth-order valence-corrected chi connectivity index (χ4v) is 1.65. The van der Waals surface area contributed by atoms with Crippen LogP contribution >= 0.6 is 0 Å². The van der Waals surface area contributed by atoms with Crippen molar-refractivity contribution in [2.45, 2.75) is 12.2 Å². The highest BCUT2D eigenvalue weighted by Crippen LogP contribution is 2.26. The number of hydrogen-bond donors (Lipinski definition) is 1. The van der Waals surface area contributed by atoms with Gasteiger partial charge in [-0.05, 0) is 17.7 Å². The zero-order chi connectivity index (χ0) is 11.5. The second-order valence-electron chi connectivity index (χ2n) is 3.47. The Bertz CT molecular complexity index is 376. The minimum Gasteiger partial charge on any atom is -0.479 e. The van der Waals surface area contributed by atoms with Crippen molar-refractivity contribution in [1.29, 1.82) is 0 Å². The lowest BCUT2D eigenvalue weighted by Gasteiger charge is -2.29. The van der Waals surface area contributed by atoms with Crippen LogP contribution in [0.25, 0.3) is 0 Å². The number of aliphatic carboxylic acids is 1. The van der Waals surface area contributed by atoms with E-state index in [0.717, 1.165) is 0 Å². The van der Waals surface area contributed by atoms with Crippen molar-refractivity contribution in [1.82, 2.24) is 0 Å². The number of rotatable bonds is 2. The Hall–Kier alpha value is -1.46. The van der Waals surface area contributed by atoms with Crippen molar-refractivity contribution in [2.75, 3.05) is 13.2 Å². The van der Waals surface area contributed by atoms with E-state index in [9.17, 15) is 9.18 Å². The van der Waals surface area contributed by atoms with Crippen LogP contribution in [0.4, 0.5) is 4.39 Å². The van der Waals surface area contributed by atoms with Gasteiger partial charge in [0.25, 0.3) is 0 Å². The summed E-state index contributed by atoms with van der Waals surface area (Å²) in [6.07, 6.45) is -1.70. The molecule has 2 atom stereocenters. The third kappa shape index (κ3) is 2.20. The normalized spacial score (nSPS) is 25.3. The Labute approximate surface area is 91.6 Å². The number of carbonyl (C=O) groups is 1. The number of halogens is 1. The minimum atomic E-state index is -1.07. The van der Waals surface area contributed by atoms with Crippen LogP contribution in [0.5, 0.6) is 0 Å². The molecule has 0 aromatic heterocycles. The van der Waals surface area contributed by atoms with Gasteiger partial charge in [0.05, 0.1) is 13.2 Å². The van der Waals surface area contributed by atoms with E-state index >= 15 is 0 Å². The molecule has 1 aliphatic rings. The largest absolute Gasteiger partial charge is 0.479 e. The average Bonchev–Trinajstić information content (AvgIpc) is 2.30. The van der Waals surface area contributed by atoms with Gasteiger partial charge in [0.15, 0.2) is 6.10 Å². The highest BCUT2D eigenvalue weighted by molar-refractivity contribution is 5.73. The summed E-state index contributed by atoms with van der Waals surface area (Å²) in [7, 11) is 0. The smallest absolute Gasteiger partial charge is 0.335 e. The van der Waals surface area contributed by atoms with Gasteiger partial charge >= 0.3 is 5.97 Å². The van der Waals surface area contributed by atoms with Crippen LogP contribution in [0, 0.1) is 5.82 Å². The van der Waals surface area contributed by atoms with E-state index in [-0.39, 0.29) is 12.4 Å². The summed E-state index contributed by atoms with van der Waals surface area (Å²) >= 11 is 0.